The van der Waals surface area contributed by atoms with Gasteiger partial charge in [0.1, 0.15) is 11.9 Å². The molecule has 7 heteroatoms. The quantitative estimate of drug-likeness (QED) is 0.518. The Morgan fingerprint density at radius 2 is 1.93 bits per heavy atom. The van der Waals surface area contributed by atoms with E-state index < -0.39 is 6.04 Å². The molecule has 0 aromatic heterocycles. The van der Waals surface area contributed by atoms with E-state index in [1.54, 1.807) is 24.1 Å². The van der Waals surface area contributed by atoms with E-state index in [1.807, 2.05) is 13.0 Å². The summed E-state index contributed by atoms with van der Waals surface area (Å²) in [6.07, 6.45) is 7.10. The Hall–Kier alpha value is -1.95. The number of rotatable bonds is 11. The van der Waals surface area contributed by atoms with Crippen LogP contribution in [0.25, 0.3) is 0 Å². The number of halogens is 1. The first kappa shape index (κ1) is 24.3. The third-order valence-electron chi connectivity index (χ3n) is 5.50. The number of ether oxygens (including phenoxy) is 2. The first-order valence-electron chi connectivity index (χ1n) is 11.0. The minimum Gasteiger partial charge on any atom is -0.493 e. The maximum atomic E-state index is 13.4. The standard InChI is InChI=1S/C23H35ClN2O4/c1-4-6-14-26(21(27)16-24)22(23(28)25-18-10-8-7-9-11-18)17-12-13-19(30-5-2)20(15-17)29-3/h12-13,15,18,22H,4-11,14,16H2,1-3H3,(H,25,28)/t22-/m1/s1. The third-order valence-corrected chi connectivity index (χ3v) is 5.73. The molecule has 2 rings (SSSR count). The average molecular weight is 439 g/mol. The molecule has 0 aliphatic heterocycles. The van der Waals surface area contributed by atoms with Gasteiger partial charge < -0.3 is 19.7 Å². The van der Waals surface area contributed by atoms with Gasteiger partial charge >= 0.3 is 0 Å². The van der Waals surface area contributed by atoms with Gasteiger partial charge in [-0.2, -0.15) is 0 Å². The summed E-state index contributed by atoms with van der Waals surface area (Å²) >= 11 is 5.91. The van der Waals surface area contributed by atoms with Crippen LogP contribution >= 0.6 is 11.6 Å². The topological polar surface area (TPSA) is 67.9 Å². The van der Waals surface area contributed by atoms with Gasteiger partial charge in [0.05, 0.1) is 13.7 Å². The second kappa shape index (κ2) is 12.7. The lowest BCUT2D eigenvalue weighted by Crippen LogP contribution is -2.47. The molecule has 0 unspecified atom stereocenters. The molecule has 0 heterocycles. The molecule has 1 aliphatic carbocycles. The van der Waals surface area contributed by atoms with E-state index in [9.17, 15) is 9.59 Å². The maximum absolute atomic E-state index is 13.4. The predicted octanol–water partition coefficient (Wildman–Crippen LogP) is 4.45. The number of carbonyl (C=O) groups excluding carboxylic acids is 2. The van der Waals surface area contributed by atoms with E-state index in [1.165, 1.54) is 6.42 Å². The van der Waals surface area contributed by atoms with Crippen LogP contribution in [0.15, 0.2) is 18.2 Å². The van der Waals surface area contributed by atoms with Crippen molar-refractivity contribution in [2.45, 2.75) is 70.9 Å². The number of amides is 2. The SMILES string of the molecule is CCCCN(C(=O)CCl)[C@@H](C(=O)NC1CCCCC1)c1ccc(OCC)c(OC)c1. The van der Waals surface area contributed by atoms with Crippen LogP contribution in [0.2, 0.25) is 0 Å². The fourth-order valence-electron chi connectivity index (χ4n) is 3.93. The Kier molecular flexibility index (Phi) is 10.3. The van der Waals surface area contributed by atoms with E-state index in [0.29, 0.717) is 30.2 Å². The number of methoxy groups -OCH3 is 1. The minimum atomic E-state index is -0.755. The molecular formula is C23H35ClN2O4. The number of nitrogens with one attached hydrogen (secondary N) is 1. The van der Waals surface area contributed by atoms with Crippen molar-refractivity contribution in [3.05, 3.63) is 23.8 Å². The molecule has 1 aliphatic rings. The lowest BCUT2D eigenvalue weighted by atomic mass is 9.94. The molecule has 1 aromatic carbocycles. The number of hydrogen-bond acceptors (Lipinski definition) is 4. The molecule has 1 saturated carbocycles. The molecule has 1 fully saturated rings. The lowest BCUT2D eigenvalue weighted by molar-refractivity contribution is -0.139. The highest BCUT2D eigenvalue weighted by atomic mass is 35.5. The Morgan fingerprint density at radius 3 is 2.53 bits per heavy atom. The van der Waals surface area contributed by atoms with E-state index in [0.717, 1.165) is 38.5 Å². The Morgan fingerprint density at radius 1 is 1.20 bits per heavy atom. The highest BCUT2D eigenvalue weighted by molar-refractivity contribution is 6.27. The fraction of sp³-hybridized carbons (Fsp3) is 0.652. The largest absolute Gasteiger partial charge is 0.493 e. The first-order valence-corrected chi connectivity index (χ1v) is 11.6. The van der Waals surface area contributed by atoms with E-state index in [2.05, 4.69) is 12.2 Å². The number of alkyl halides is 1. The van der Waals surface area contributed by atoms with E-state index >= 15 is 0 Å². The summed E-state index contributed by atoms with van der Waals surface area (Å²) in [5, 5.41) is 3.18. The minimum absolute atomic E-state index is 0.150. The molecule has 30 heavy (non-hydrogen) atoms. The van der Waals surface area contributed by atoms with E-state index in [-0.39, 0.29) is 23.7 Å². The van der Waals surface area contributed by atoms with Crippen LogP contribution < -0.4 is 14.8 Å². The fourth-order valence-corrected chi connectivity index (χ4v) is 4.09. The van der Waals surface area contributed by atoms with Crippen LogP contribution in [0.3, 0.4) is 0 Å². The second-order valence-electron chi connectivity index (χ2n) is 7.66. The number of carbonyl (C=O) groups is 2. The van der Waals surface area contributed by atoms with Gasteiger partial charge in [-0.05, 0) is 43.9 Å². The molecule has 0 radical (unpaired) electrons. The molecule has 0 spiro atoms. The van der Waals surface area contributed by atoms with Crippen molar-refractivity contribution in [3.63, 3.8) is 0 Å². The van der Waals surface area contributed by atoms with Gasteiger partial charge in [-0.15, -0.1) is 11.6 Å². The first-order chi connectivity index (χ1) is 14.5. The molecule has 1 atom stereocenters. The summed E-state index contributed by atoms with van der Waals surface area (Å²) in [5.41, 5.74) is 0.693. The van der Waals surface area contributed by atoms with Crippen molar-refractivity contribution < 1.29 is 19.1 Å². The van der Waals surface area contributed by atoms with E-state index in [4.69, 9.17) is 21.1 Å². The lowest BCUT2D eigenvalue weighted by Gasteiger charge is -2.33. The number of benzene rings is 1. The summed E-state index contributed by atoms with van der Waals surface area (Å²) in [4.78, 5) is 27.7. The predicted molar refractivity (Wildman–Crippen MR) is 119 cm³/mol. The van der Waals surface area contributed by atoms with Gasteiger partial charge in [0, 0.05) is 12.6 Å². The zero-order valence-electron chi connectivity index (χ0n) is 18.4. The van der Waals surface area contributed by atoms with Crippen LogP contribution in [-0.2, 0) is 9.59 Å². The van der Waals surface area contributed by atoms with Crippen molar-refractivity contribution >= 4 is 23.4 Å². The number of nitrogens with zero attached hydrogens (tertiary/aromatic N) is 1. The molecule has 1 N–H and O–H groups in total. The Balaban J connectivity index is 2.40. The summed E-state index contributed by atoms with van der Waals surface area (Å²) in [5.74, 6) is 0.576. The summed E-state index contributed by atoms with van der Waals surface area (Å²) in [7, 11) is 1.57. The molecule has 0 saturated heterocycles. The molecule has 0 bridgehead atoms. The second-order valence-corrected chi connectivity index (χ2v) is 7.93. The summed E-state index contributed by atoms with van der Waals surface area (Å²) in [6.45, 7) is 4.94. The normalized spacial score (nSPS) is 15.3. The van der Waals surface area contributed by atoms with Crippen LogP contribution in [0, 0.1) is 0 Å². The summed E-state index contributed by atoms with van der Waals surface area (Å²) in [6, 6.07) is 4.81. The van der Waals surface area contributed by atoms with Crippen molar-refractivity contribution in [3.8, 4) is 11.5 Å². The Labute approximate surface area is 185 Å². The molecule has 168 valence electrons. The third kappa shape index (κ3) is 6.53. The van der Waals surface area contributed by atoms with Gasteiger partial charge in [-0.3, -0.25) is 9.59 Å². The smallest absolute Gasteiger partial charge is 0.247 e. The maximum Gasteiger partial charge on any atom is 0.247 e. The van der Waals surface area contributed by atoms with Crippen molar-refractivity contribution in [1.29, 1.82) is 0 Å². The number of hydrogen-bond donors (Lipinski definition) is 1. The van der Waals surface area contributed by atoms with Gasteiger partial charge in [0.15, 0.2) is 11.5 Å². The molecule has 1 aromatic rings. The average Bonchev–Trinajstić information content (AvgIpc) is 2.77. The van der Waals surface area contributed by atoms with Crippen molar-refractivity contribution in [1.82, 2.24) is 10.2 Å². The van der Waals surface area contributed by atoms with Crippen LogP contribution in [-0.4, -0.2) is 48.9 Å². The molecular weight excluding hydrogens is 404 g/mol. The van der Waals surface area contributed by atoms with Crippen molar-refractivity contribution in [2.75, 3.05) is 26.1 Å². The zero-order valence-corrected chi connectivity index (χ0v) is 19.2. The molecule has 2 amide bonds. The van der Waals surface area contributed by atoms with Gasteiger partial charge in [-0.25, -0.2) is 0 Å². The van der Waals surface area contributed by atoms with Crippen LogP contribution in [0.1, 0.15) is 70.4 Å². The summed E-state index contributed by atoms with van der Waals surface area (Å²) < 4.78 is 11.1. The van der Waals surface area contributed by atoms with Gasteiger partial charge in [-0.1, -0.05) is 38.7 Å². The van der Waals surface area contributed by atoms with Crippen molar-refractivity contribution in [2.24, 2.45) is 0 Å². The molecule has 6 nitrogen and oxygen atoms in total. The zero-order chi connectivity index (χ0) is 21.9. The van der Waals surface area contributed by atoms with Gasteiger partial charge in [0.2, 0.25) is 11.8 Å². The van der Waals surface area contributed by atoms with Crippen LogP contribution in [0.4, 0.5) is 0 Å². The number of unbranched alkanes of at least 4 members (excludes halogenated alkanes) is 1. The monoisotopic (exact) mass is 438 g/mol. The van der Waals surface area contributed by atoms with Gasteiger partial charge in [0.25, 0.3) is 0 Å². The Bertz CT molecular complexity index is 692. The highest BCUT2D eigenvalue weighted by Gasteiger charge is 2.32. The highest BCUT2D eigenvalue weighted by Crippen LogP contribution is 2.33. The van der Waals surface area contributed by atoms with Crippen LogP contribution in [0.5, 0.6) is 11.5 Å².